The van der Waals surface area contributed by atoms with E-state index in [0.717, 1.165) is 27.8 Å². The van der Waals surface area contributed by atoms with Crippen molar-refractivity contribution in [2.75, 3.05) is 7.11 Å². The Morgan fingerprint density at radius 2 is 1.71 bits per heavy atom. The number of carbonyl (C=O) groups excluding carboxylic acids is 1. The molecule has 1 heterocycles. The van der Waals surface area contributed by atoms with Crippen LogP contribution in [0.3, 0.4) is 0 Å². The van der Waals surface area contributed by atoms with Crippen LogP contribution in [0.1, 0.15) is 63.4 Å². The minimum atomic E-state index is -0.565. The van der Waals surface area contributed by atoms with E-state index < -0.39 is 5.60 Å². The third kappa shape index (κ3) is 7.38. The van der Waals surface area contributed by atoms with Crippen LogP contribution in [0, 0.1) is 5.92 Å². The lowest BCUT2D eigenvalue weighted by Crippen LogP contribution is -2.33. The Morgan fingerprint density at radius 1 is 1.06 bits per heavy atom. The molecule has 0 saturated carbocycles. The van der Waals surface area contributed by atoms with Crippen molar-refractivity contribution < 1.29 is 14.3 Å². The molecule has 182 valence electrons. The van der Waals surface area contributed by atoms with Crippen molar-refractivity contribution in [3.63, 3.8) is 0 Å². The second-order valence-corrected chi connectivity index (χ2v) is 10.3. The molecule has 34 heavy (non-hydrogen) atoms. The fraction of sp³-hybridized carbons (Fsp3) is 0.462. The van der Waals surface area contributed by atoms with E-state index in [9.17, 15) is 4.79 Å². The first-order valence-corrected chi connectivity index (χ1v) is 12.4. The van der Waals surface area contributed by atoms with E-state index >= 15 is 0 Å². The van der Waals surface area contributed by atoms with Gasteiger partial charge in [0, 0.05) is 10.4 Å². The van der Waals surface area contributed by atoms with E-state index in [0.29, 0.717) is 25.2 Å². The number of aromatic nitrogens is 4. The second kappa shape index (κ2) is 11.6. The molecular formula is C26H33BrN4O3. The minimum absolute atomic E-state index is 0.219. The zero-order valence-corrected chi connectivity index (χ0v) is 22.1. The fourth-order valence-electron chi connectivity index (χ4n) is 3.82. The Morgan fingerprint density at radius 3 is 2.29 bits per heavy atom. The minimum Gasteiger partial charge on any atom is -0.497 e. The van der Waals surface area contributed by atoms with Gasteiger partial charge in [-0.2, -0.15) is 4.80 Å². The molecule has 2 unspecified atom stereocenters. The highest BCUT2D eigenvalue weighted by Crippen LogP contribution is 2.32. The summed E-state index contributed by atoms with van der Waals surface area (Å²) >= 11 is 3.49. The first-order chi connectivity index (χ1) is 16.2. The molecule has 1 aromatic heterocycles. The van der Waals surface area contributed by atoms with E-state index in [-0.39, 0.29) is 17.8 Å². The van der Waals surface area contributed by atoms with E-state index in [1.807, 2.05) is 57.2 Å². The lowest BCUT2D eigenvalue weighted by Gasteiger charge is -2.28. The number of nitrogens with zero attached hydrogens (tertiary/aromatic N) is 4. The lowest BCUT2D eigenvalue weighted by atomic mass is 9.83. The molecule has 2 atom stereocenters. The molecule has 3 aromatic rings. The standard InChI is InChI=1S/C26H33BrN4O3/c1-6-7-22(25(32)34-26(2,3)4)23(16-18-8-12-20(27)13-9-18)24-28-30-31(29-24)17-19-10-14-21(33-5)15-11-19/h8-15,22-23H,6-7,16-17H2,1-5H3. The SMILES string of the molecule is CCCC(C(=O)OC(C)(C)C)C(Cc1ccc(Br)cc1)c1nnn(Cc2ccc(OC)cc2)n1. The summed E-state index contributed by atoms with van der Waals surface area (Å²) < 4.78 is 12.0. The number of tetrazole rings is 1. The van der Waals surface area contributed by atoms with Gasteiger partial charge in [-0.1, -0.05) is 53.5 Å². The van der Waals surface area contributed by atoms with Gasteiger partial charge in [0.15, 0.2) is 5.82 Å². The first kappa shape index (κ1) is 25.9. The topological polar surface area (TPSA) is 79.1 Å². The number of hydrogen-bond donors (Lipinski definition) is 0. The predicted octanol–water partition coefficient (Wildman–Crippen LogP) is 5.58. The average molecular weight is 529 g/mol. The summed E-state index contributed by atoms with van der Waals surface area (Å²) in [5, 5.41) is 13.4. The molecule has 0 spiro atoms. The van der Waals surface area contributed by atoms with Gasteiger partial charge >= 0.3 is 5.97 Å². The second-order valence-electron chi connectivity index (χ2n) is 9.39. The summed E-state index contributed by atoms with van der Waals surface area (Å²) in [4.78, 5) is 14.8. The van der Waals surface area contributed by atoms with Crippen LogP contribution >= 0.6 is 15.9 Å². The first-order valence-electron chi connectivity index (χ1n) is 11.6. The molecule has 0 N–H and O–H groups in total. The van der Waals surface area contributed by atoms with E-state index in [1.165, 1.54) is 0 Å². The van der Waals surface area contributed by atoms with Gasteiger partial charge in [0.25, 0.3) is 0 Å². The van der Waals surface area contributed by atoms with Crippen molar-refractivity contribution in [1.82, 2.24) is 20.2 Å². The van der Waals surface area contributed by atoms with Crippen LogP contribution in [-0.2, 0) is 22.5 Å². The monoisotopic (exact) mass is 528 g/mol. The summed E-state index contributed by atoms with van der Waals surface area (Å²) in [5.74, 6) is 0.515. The molecule has 7 nitrogen and oxygen atoms in total. The quantitative estimate of drug-likeness (QED) is 0.319. The van der Waals surface area contributed by atoms with Gasteiger partial charge in [0.1, 0.15) is 11.4 Å². The Labute approximate surface area is 210 Å². The summed E-state index contributed by atoms with van der Waals surface area (Å²) in [7, 11) is 1.64. The molecule has 0 fully saturated rings. The van der Waals surface area contributed by atoms with Crippen LogP contribution in [0.25, 0.3) is 0 Å². The third-order valence-corrected chi connectivity index (χ3v) is 5.98. The number of hydrogen-bond acceptors (Lipinski definition) is 6. The molecule has 0 aliphatic carbocycles. The molecule has 0 bridgehead atoms. The molecule has 8 heteroatoms. The predicted molar refractivity (Wildman–Crippen MR) is 135 cm³/mol. The summed E-state index contributed by atoms with van der Waals surface area (Å²) in [6.45, 7) is 8.22. The number of methoxy groups -OCH3 is 1. The van der Waals surface area contributed by atoms with Crippen molar-refractivity contribution >= 4 is 21.9 Å². The number of rotatable bonds is 10. The molecule has 0 saturated heterocycles. The summed E-state index contributed by atoms with van der Waals surface area (Å²) in [5.41, 5.74) is 1.57. The van der Waals surface area contributed by atoms with Crippen LogP contribution in [0.5, 0.6) is 5.75 Å². The third-order valence-electron chi connectivity index (χ3n) is 5.45. The van der Waals surface area contributed by atoms with Crippen molar-refractivity contribution in [3.05, 3.63) is 70.0 Å². The van der Waals surface area contributed by atoms with Crippen LogP contribution in [0.15, 0.2) is 53.0 Å². The Bertz CT molecular complexity index is 1060. The Hall–Kier alpha value is -2.74. The fourth-order valence-corrected chi connectivity index (χ4v) is 4.09. The van der Waals surface area contributed by atoms with Crippen LogP contribution in [0.4, 0.5) is 0 Å². The lowest BCUT2D eigenvalue weighted by molar-refractivity contribution is -0.161. The van der Waals surface area contributed by atoms with Crippen molar-refractivity contribution in [2.24, 2.45) is 5.92 Å². The van der Waals surface area contributed by atoms with Crippen molar-refractivity contribution in [3.8, 4) is 5.75 Å². The highest BCUT2D eigenvalue weighted by molar-refractivity contribution is 9.10. The number of esters is 1. The van der Waals surface area contributed by atoms with Gasteiger partial charge in [-0.05, 0) is 74.2 Å². The Kier molecular flexibility index (Phi) is 8.83. The highest BCUT2D eigenvalue weighted by Gasteiger charge is 2.35. The Balaban J connectivity index is 1.90. The van der Waals surface area contributed by atoms with Gasteiger partial charge in [0.2, 0.25) is 0 Å². The van der Waals surface area contributed by atoms with Gasteiger partial charge in [-0.3, -0.25) is 4.79 Å². The molecule has 0 amide bonds. The van der Waals surface area contributed by atoms with Gasteiger partial charge in [0.05, 0.1) is 19.6 Å². The molecule has 0 radical (unpaired) electrons. The smallest absolute Gasteiger partial charge is 0.310 e. The van der Waals surface area contributed by atoms with Crippen molar-refractivity contribution in [1.29, 1.82) is 0 Å². The summed E-state index contributed by atoms with van der Waals surface area (Å²) in [6, 6.07) is 15.9. The molecule has 2 aromatic carbocycles. The van der Waals surface area contributed by atoms with E-state index in [4.69, 9.17) is 14.6 Å². The number of benzene rings is 2. The number of halogens is 1. The zero-order valence-electron chi connectivity index (χ0n) is 20.5. The number of ether oxygens (including phenoxy) is 2. The van der Waals surface area contributed by atoms with Gasteiger partial charge < -0.3 is 9.47 Å². The zero-order chi connectivity index (χ0) is 24.7. The van der Waals surface area contributed by atoms with Crippen LogP contribution < -0.4 is 4.74 Å². The molecule has 3 rings (SSSR count). The van der Waals surface area contributed by atoms with Crippen LogP contribution in [0.2, 0.25) is 0 Å². The van der Waals surface area contributed by atoms with Gasteiger partial charge in [-0.25, -0.2) is 0 Å². The van der Waals surface area contributed by atoms with E-state index in [2.05, 4.69) is 45.3 Å². The molecule has 0 aliphatic heterocycles. The van der Waals surface area contributed by atoms with Crippen LogP contribution in [-0.4, -0.2) is 38.9 Å². The highest BCUT2D eigenvalue weighted by atomic mass is 79.9. The summed E-state index contributed by atoms with van der Waals surface area (Å²) in [6.07, 6.45) is 2.15. The maximum absolute atomic E-state index is 13.2. The normalized spacial score (nSPS) is 13.4. The molecular weight excluding hydrogens is 496 g/mol. The number of carbonyl (C=O) groups is 1. The van der Waals surface area contributed by atoms with Crippen molar-refractivity contribution in [2.45, 2.75) is 65.0 Å². The van der Waals surface area contributed by atoms with E-state index in [1.54, 1.807) is 11.9 Å². The largest absolute Gasteiger partial charge is 0.497 e. The van der Waals surface area contributed by atoms with Gasteiger partial charge in [-0.15, -0.1) is 10.2 Å². The maximum atomic E-state index is 13.2. The average Bonchev–Trinajstić information content (AvgIpc) is 3.25. The maximum Gasteiger partial charge on any atom is 0.310 e. The molecule has 0 aliphatic rings.